The van der Waals surface area contributed by atoms with Crippen molar-refractivity contribution >= 4 is 5.78 Å². The van der Waals surface area contributed by atoms with Crippen LogP contribution in [0.3, 0.4) is 0 Å². The van der Waals surface area contributed by atoms with Gasteiger partial charge in [0.15, 0.2) is 5.78 Å². The van der Waals surface area contributed by atoms with Crippen molar-refractivity contribution in [3.8, 4) is 22.4 Å². The summed E-state index contributed by atoms with van der Waals surface area (Å²) in [6, 6.07) is 19.7. The Bertz CT molecular complexity index is 822. The Labute approximate surface area is 116 Å². The second kappa shape index (κ2) is 4.14. The number of carbonyl (C=O) groups excluding carboxylic acids is 1. The molecule has 0 radical (unpaired) electrons. The van der Waals surface area contributed by atoms with Gasteiger partial charge < -0.3 is 0 Å². The predicted molar refractivity (Wildman–Crippen MR) is 78.5 cm³/mol. The molecule has 1 aromatic heterocycles. The van der Waals surface area contributed by atoms with Crippen LogP contribution in [-0.2, 0) is 0 Å². The first-order valence-corrected chi connectivity index (χ1v) is 6.54. The standard InChI is InChI=1S/C18H11NO/c20-18-14-9-5-4-8-13(14)15-10-17(19-11-16(15)18)12-6-2-1-3-7-12/h1-11H. The minimum absolute atomic E-state index is 0.0720. The highest BCUT2D eigenvalue weighted by molar-refractivity contribution is 6.21. The second-order valence-corrected chi connectivity index (χ2v) is 4.86. The van der Waals surface area contributed by atoms with E-state index in [2.05, 4.69) is 4.98 Å². The summed E-state index contributed by atoms with van der Waals surface area (Å²) in [5.74, 6) is 0.0720. The van der Waals surface area contributed by atoms with E-state index in [4.69, 9.17) is 0 Å². The fourth-order valence-electron chi connectivity index (χ4n) is 2.69. The zero-order chi connectivity index (χ0) is 13.5. The third-order valence-electron chi connectivity index (χ3n) is 3.68. The Morgan fingerprint density at radius 1 is 0.700 bits per heavy atom. The second-order valence-electron chi connectivity index (χ2n) is 4.86. The van der Waals surface area contributed by atoms with Gasteiger partial charge in [0.05, 0.1) is 5.69 Å². The van der Waals surface area contributed by atoms with Crippen LogP contribution in [0.1, 0.15) is 15.9 Å². The molecule has 1 aliphatic carbocycles. The SMILES string of the molecule is O=C1c2ccccc2-c2cc(-c3ccccc3)ncc21. The molecule has 0 amide bonds. The Balaban J connectivity index is 1.94. The lowest BCUT2D eigenvalue weighted by atomic mass is 10.0. The van der Waals surface area contributed by atoms with Crippen molar-refractivity contribution in [3.05, 3.63) is 78.0 Å². The maximum absolute atomic E-state index is 12.3. The molecule has 0 spiro atoms. The van der Waals surface area contributed by atoms with Crippen LogP contribution in [0.2, 0.25) is 0 Å². The van der Waals surface area contributed by atoms with E-state index in [1.165, 1.54) is 0 Å². The third kappa shape index (κ3) is 1.51. The van der Waals surface area contributed by atoms with Crippen LogP contribution < -0.4 is 0 Å². The van der Waals surface area contributed by atoms with E-state index in [1.807, 2.05) is 60.7 Å². The van der Waals surface area contributed by atoms with Gasteiger partial charge in [-0.15, -0.1) is 0 Å². The molecule has 0 bridgehead atoms. The molecule has 94 valence electrons. The molecular formula is C18H11NO. The highest BCUT2D eigenvalue weighted by atomic mass is 16.1. The number of nitrogens with zero attached hydrogens (tertiary/aromatic N) is 1. The highest BCUT2D eigenvalue weighted by Gasteiger charge is 2.26. The number of fused-ring (bicyclic) bond motifs is 3. The van der Waals surface area contributed by atoms with Crippen LogP contribution in [0.4, 0.5) is 0 Å². The predicted octanol–water partition coefficient (Wildman–Crippen LogP) is 3.96. The largest absolute Gasteiger partial charge is 0.289 e. The fourth-order valence-corrected chi connectivity index (χ4v) is 2.69. The summed E-state index contributed by atoms with van der Waals surface area (Å²) in [5.41, 5.74) is 5.42. The van der Waals surface area contributed by atoms with Crippen LogP contribution >= 0.6 is 0 Å². The summed E-state index contributed by atoms with van der Waals surface area (Å²) in [6.07, 6.45) is 1.69. The van der Waals surface area contributed by atoms with Gasteiger partial charge in [0.2, 0.25) is 0 Å². The highest BCUT2D eigenvalue weighted by Crippen LogP contribution is 2.37. The van der Waals surface area contributed by atoms with Crippen molar-refractivity contribution in [2.45, 2.75) is 0 Å². The molecule has 3 aromatic rings. The average molecular weight is 257 g/mol. The number of ketones is 1. The maximum atomic E-state index is 12.3. The van der Waals surface area contributed by atoms with E-state index in [0.717, 1.165) is 27.9 Å². The summed E-state index contributed by atoms with van der Waals surface area (Å²) in [7, 11) is 0. The Morgan fingerprint density at radius 2 is 1.40 bits per heavy atom. The van der Waals surface area contributed by atoms with Crippen molar-refractivity contribution in [2.75, 3.05) is 0 Å². The molecule has 0 aliphatic heterocycles. The number of aromatic nitrogens is 1. The van der Waals surface area contributed by atoms with Gasteiger partial charge in [-0.2, -0.15) is 0 Å². The van der Waals surface area contributed by atoms with Crippen molar-refractivity contribution in [3.63, 3.8) is 0 Å². The maximum Gasteiger partial charge on any atom is 0.195 e. The summed E-state index contributed by atoms with van der Waals surface area (Å²) < 4.78 is 0. The van der Waals surface area contributed by atoms with Crippen molar-refractivity contribution < 1.29 is 4.79 Å². The molecule has 4 rings (SSSR count). The summed E-state index contributed by atoms with van der Waals surface area (Å²) in [4.78, 5) is 16.7. The number of benzene rings is 2. The minimum Gasteiger partial charge on any atom is -0.289 e. The van der Waals surface area contributed by atoms with Gasteiger partial charge in [-0.25, -0.2) is 0 Å². The Hall–Kier alpha value is -2.74. The Morgan fingerprint density at radius 3 is 2.20 bits per heavy atom. The average Bonchev–Trinajstić information content (AvgIpc) is 2.81. The molecule has 2 heteroatoms. The lowest BCUT2D eigenvalue weighted by molar-refractivity contribution is 0.104. The van der Waals surface area contributed by atoms with Gasteiger partial charge in [-0.05, 0) is 17.2 Å². The molecule has 0 saturated heterocycles. The van der Waals surface area contributed by atoms with E-state index >= 15 is 0 Å². The van der Waals surface area contributed by atoms with E-state index in [-0.39, 0.29) is 5.78 Å². The molecular weight excluding hydrogens is 246 g/mol. The van der Waals surface area contributed by atoms with Crippen molar-refractivity contribution in [1.82, 2.24) is 4.98 Å². The summed E-state index contributed by atoms with van der Waals surface area (Å²) >= 11 is 0. The number of hydrogen-bond donors (Lipinski definition) is 0. The molecule has 0 N–H and O–H groups in total. The van der Waals surface area contributed by atoms with E-state index in [9.17, 15) is 4.79 Å². The van der Waals surface area contributed by atoms with Crippen molar-refractivity contribution in [1.29, 1.82) is 0 Å². The molecule has 0 fully saturated rings. The van der Waals surface area contributed by atoms with E-state index < -0.39 is 0 Å². The summed E-state index contributed by atoms with van der Waals surface area (Å²) in [6.45, 7) is 0. The van der Waals surface area contributed by atoms with Gasteiger partial charge in [-0.3, -0.25) is 9.78 Å². The van der Waals surface area contributed by atoms with E-state index in [0.29, 0.717) is 5.56 Å². The molecule has 1 aliphatic rings. The lowest BCUT2D eigenvalue weighted by Crippen LogP contribution is -1.95. The minimum atomic E-state index is 0.0720. The van der Waals surface area contributed by atoms with Crippen LogP contribution in [0, 0.1) is 0 Å². The first-order chi connectivity index (χ1) is 9.84. The molecule has 1 heterocycles. The van der Waals surface area contributed by atoms with Gasteiger partial charge in [0.1, 0.15) is 0 Å². The molecule has 2 nitrogen and oxygen atoms in total. The topological polar surface area (TPSA) is 30.0 Å². The van der Waals surface area contributed by atoms with Crippen LogP contribution in [0.15, 0.2) is 66.9 Å². The van der Waals surface area contributed by atoms with Gasteiger partial charge in [0, 0.05) is 22.9 Å². The fraction of sp³-hybridized carbons (Fsp3) is 0. The zero-order valence-corrected chi connectivity index (χ0v) is 10.7. The summed E-state index contributed by atoms with van der Waals surface area (Å²) in [5, 5.41) is 0. The first-order valence-electron chi connectivity index (χ1n) is 6.54. The van der Waals surface area contributed by atoms with Gasteiger partial charge in [-0.1, -0.05) is 54.6 Å². The number of hydrogen-bond acceptors (Lipinski definition) is 2. The lowest BCUT2D eigenvalue weighted by Gasteiger charge is -2.04. The number of pyridine rings is 1. The number of rotatable bonds is 1. The zero-order valence-electron chi connectivity index (χ0n) is 10.7. The van der Waals surface area contributed by atoms with E-state index in [1.54, 1.807) is 6.20 Å². The Kier molecular flexibility index (Phi) is 2.30. The number of carbonyl (C=O) groups is 1. The monoisotopic (exact) mass is 257 g/mol. The molecule has 0 unspecified atom stereocenters. The van der Waals surface area contributed by atoms with Gasteiger partial charge in [0.25, 0.3) is 0 Å². The first kappa shape index (κ1) is 11.1. The smallest absolute Gasteiger partial charge is 0.195 e. The van der Waals surface area contributed by atoms with Crippen LogP contribution in [-0.4, -0.2) is 10.8 Å². The molecule has 20 heavy (non-hydrogen) atoms. The van der Waals surface area contributed by atoms with Crippen LogP contribution in [0.25, 0.3) is 22.4 Å². The molecule has 0 saturated carbocycles. The normalized spacial score (nSPS) is 12.1. The molecule has 0 atom stereocenters. The van der Waals surface area contributed by atoms with Crippen LogP contribution in [0.5, 0.6) is 0 Å². The quantitative estimate of drug-likeness (QED) is 0.516. The third-order valence-corrected chi connectivity index (χ3v) is 3.68. The van der Waals surface area contributed by atoms with Crippen molar-refractivity contribution in [2.24, 2.45) is 0 Å². The molecule has 2 aromatic carbocycles. The van der Waals surface area contributed by atoms with Gasteiger partial charge >= 0.3 is 0 Å².